The molecule has 0 saturated carbocycles. The topological polar surface area (TPSA) is 118 Å². The van der Waals surface area contributed by atoms with Crippen LogP contribution in [-0.4, -0.2) is 39.8 Å². The van der Waals surface area contributed by atoms with E-state index >= 15 is 0 Å². The Hall–Kier alpha value is -3.87. The number of carbonyl (C=O) groups excluding carboxylic acids is 3. The molecular weight excluding hydrogens is 559 g/mol. The van der Waals surface area contributed by atoms with Crippen molar-refractivity contribution in [2.45, 2.75) is 22.7 Å². The van der Waals surface area contributed by atoms with Gasteiger partial charge in [0.25, 0.3) is 0 Å². The van der Waals surface area contributed by atoms with Crippen LogP contribution in [0.15, 0.2) is 75.9 Å². The minimum absolute atomic E-state index is 0.0705. The van der Waals surface area contributed by atoms with Crippen LogP contribution in [0.1, 0.15) is 15.7 Å². The summed E-state index contributed by atoms with van der Waals surface area (Å²) in [6.07, 6.45) is 0. The number of nitrogens with zero attached hydrogens (tertiary/aromatic N) is 2. The molecule has 9 nitrogen and oxygen atoms in total. The number of fused-ring (bicyclic) bond motifs is 2. The van der Waals surface area contributed by atoms with Gasteiger partial charge in [-0.2, -0.15) is 0 Å². The number of thiazole rings is 1. The summed E-state index contributed by atoms with van der Waals surface area (Å²) in [5.41, 5.74) is 0.936. The van der Waals surface area contributed by atoms with Crippen LogP contribution >= 0.6 is 34.4 Å². The van der Waals surface area contributed by atoms with Gasteiger partial charge in [0.2, 0.25) is 17.7 Å². The molecule has 1 saturated heterocycles. The Morgan fingerprint density at radius 1 is 1.03 bits per heavy atom. The molecule has 4 aromatic rings. The predicted octanol–water partition coefficient (Wildman–Crippen LogP) is 4.12. The minimum Gasteiger partial charge on any atom is -0.508 e. The summed E-state index contributed by atoms with van der Waals surface area (Å²) in [6, 6.07) is 16.6. The van der Waals surface area contributed by atoms with Crippen molar-refractivity contribution in [3.05, 3.63) is 85.5 Å². The molecule has 2 aromatic heterocycles. The van der Waals surface area contributed by atoms with Crippen molar-refractivity contribution in [3.63, 3.8) is 0 Å². The Kier molecular flexibility index (Phi) is 6.53. The Bertz CT molecular complexity index is 1630. The van der Waals surface area contributed by atoms with Crippen LogP contribution in [0.5, 0.6) is 11.5 Å². The number of phenolic OH excluding ortho intramolecular Hbond substituents is 1. The van der Waals surface area contributed by atoms with Gasteiger partial charge in [0.15, 0.2) is 0 Å². The average Bonchev–Trinajstić information content (AvgIpc) is 3.63. The number of thioether (sulfide) groups is 1. The Labute approximate surface area is 234 Å². The van der Waals surface area contributed by atoms with E-state index in [9.17, 15) is 24.3 Å². The summed E-state index contributed by atoms with van der Waals surface area (Å²) < 4.78 is 6.59. The Morgan fingerprint density at radius 2 is 1.77 bits per heavy atom. The number of nitrogens with one attached hydrogen (secondary N) is 1. The van der Waals surface area contributed by atoms with Gasteiger partial charge in [-0.25, -0.2) is 4.90 Å². The zero-order chi connectivity index (χ0) is 27.3. The number of benzene rings is 2. The highest BCUT2D eigenvalue weighted by Gasteiger charge is 2.57. The lowest BCUT2D eigenvalue weighted by atomic mass is 9.87. The number of aromatic hydroxyl groups is 1. The van der Waals surface area contributed by atoms with Crippen LogP contribution in [-0.2, 0) is 20.9 Å². The number of imide groups is 1. The van der Waals surface area contributed by atoms with E-state index in [1.54, 1.807) is 43.5 Å². The van der Waals surface area contributed by atoms with E-state index in [0.717, 1.165) is 16.2 Å². The molecule has 39 heavy (non-hydrogen) atoms. The number of ether oxygens (including phenoxy) is 1. The van der Waals surface area contributed by atoms with Crippen molar-refractivity contribution in [1.29, 1.82) is 0 Å². The van der Waals surface area contributed by atoms with Crippen LogP contribution in [0.25, 0.3) is 0 Å². The first-order chi connectivity index (χ1) is 18.9. The van der Waals surface area contributed by atoms with E-state index in [0.29, 0.717) is 27.0 Å². The van der Waals surface area contributed by atoms with E-state index in [2.05, 4.69) is 5.32 Å². The first-order valence-electron chi connectivity index (χ1n) is 11.9. The number of aromatic nitrogens is 1. The molecule has 12 heteroatoms. The molecule has 3 amide bonds. The number of hydrogen-bond donors (Lipinski definition) is 2. The number of rotatable bonds is 6. The van der Waals surface area contributed by atoms with E-state index < -0.39 is 23.0 Å². The Balaban J connectivity index is 1.36. The lowest BCUT2D eigenvalue weighted by Crippen LogP contribution is -2.32. The molecule has 2 unspecified atom stereocenters. The van der Waals surface area contributed by atoms with Crippen LogP contribution in [0.2, 0.25) is 0 Å². The number of carbonyl (C=O) groups is 3. The monoisotopic (exact) mass is 579 g/mol. The predicted molar refractivity (Wildman–Crippen MR) is 150 cm³/mol. The zero-order valence-corrected chi connectivity index (χ0v) is 22.8. The van der Waals surface area contributed by atoms with Crippen molar-refractivity contribution in [1.82, 2.24) is 4.57 Å². The van der Waals surface area contributed by atoms with Crippen LogP contribution in [0.3, 0.4) is 0 Å². The third-order valence-corrected chi connectivity index (χ3v) is 10.2. The number of thiophene rings is 1. The summed E-state index contributed by atoms with van der Waals surface area (Å²) in [5.74, 6) is -1.58. The quantitative estimate of drug-likeness (QED) is 0.261. The second-order valence-corrected chi connectivity index (χ2v) is 12.1. The van der Waals surface area contributed by atoms with Gasteiger partial charge in [0, 0.05) is 21.4 Å². The smallest absolute Gasteiger partial charge is 0.308 e. The molecule has 2 aromatic carbocycles. The van der Waals surface area contributed by atoms with E-state index in [1.807, 2.05) is 17.5 Å². The van der Waals surface area contributed by atoms with E-state index in [-0.39, 0.29) is 29.0 Å². The molecule has 3 atom stereocenters. The maximum Gasteiger partial charge on any atom is 0.308 e. The third-order valence-electron chi connectivity index (χ3n) is 6.68. The maximum absolute atomic E-state index is 13.8. The first kappa shape index (κ1) is 25.4. The third kappa shape index (κ3) is 4.44. The maximum atomic E-state index is 13.8. The van der Waals surface area contributed by atoms with Gasteiger partial charge in [-0.3, -0.25) is 23.7 Å². The summed E-state index contributed by atoms with van der Waals surface area (Å²) >= 11 is 3.65. The lowest BCUT2D eigenvalue weighted by molar-refractivity contribution is -0.122. The molecule has 1 fully saturated rings. The molecule has 0 spiro atoms. The van der Waals surface area contributed by atoms with E-state index in [1.165, 1.54) is 44.7 Å². The van der Waals surface area contributed by atoms with Crippen molar-refractivity contribution in [2.75, 3.05) is 17.3 Å². The number of amides is 3. The summed E-state index contributed by atoms with van der Waals surface area (Å²) in [7, 11) is 1.54. The fourth-order valence-corrected chi connectivity index (χ4v) is 8.63. The number of methoxy groups -OCH3 is 1. The molecule has 2 aliphatic rings. The molecule has 198 valence electrons. The van der Waals surface area contributed by atoms with Gasteiger partial charge < -0.3 is 15.2 Å². The van der Waals surface area contributed by atoms with Gasteiger partial charge in [0.05, 0.1) is 23.7 Å². The normalized spacial score (nSPS) is 20.0. The fourth-order valence-electron chi connectivity index (χ4n) is 4.90. The van der Waals surface area contributed by atoms with Crippen LogP contribution in [0, 0.1) is 5.92 Å². The highest BCUT2D eigenvalue weighted by atomic mass is 32.2. The molecule has 0 bridgehead atoms. The van der Waals surface area contributed by atoms with Gasteiger partial charge >= 0.3 is 4.87 Å². The summed E-state index contributed by atoms with van der Waals surface area (Å²) in [6.45, 7) is -0.253. The van der Waals surface area contributed by atoms with Gasteiger partial charge in [0.1, 0.15) is 23.3 Å². The molecule has 0 aliphatic carbocycles. The lowest BCUT2D eigenvalue weighted by Gasteiger charge is -2.29. The van der Waals surface area contributed by atoms with Crippen molar-refractivity contribution >= 4 is 63.5 Å². The molecule has 6 rings (SSSR count). The summed E-state index contributed by atoms with van der Waals surface area (Å²) in [5, 5.41) is 13.9. The summed E-state index contributed by atoms with van der Waals surface area (Å²) in [4.78, 5) is 56.0. The number of phenols is 1. The molecular formula is C27H21N3O6S3. The Morgan fingerprint density at radius 3 is 2.44 bits per heavy atom. The molecule has 0 radical (unpaired) electrons. The SMILES string of the molecule is COc1ccc(N2C(=O)C3Sc4c(sc(=O)n4CC(=O)Nc4ccc(O)cc4)[C@H](c4cccs4)C3C2=O)cc1. The first-order valence-corrected chi connectivity index (χ1v) is 14.5. The minimum atomic E-state index is -0.750. The van der Waals surface area contributed by atoms with E-state index in [4.69, 9.17) is 4.74 Å². The second-order valence-electron chi connectivity index (χ2n) is 8.99. The standard InChI is InChI=1S/C27H21N3O6S3/c1-36-17-10-6-15(7-11-17)30-24(33)21-20(18-3-2-12-37-18)23-26(38-22(21)25(30)34)29(27(35)39-23)13-19(32)28-14-4-8-16(31)9-5-14/h2-12,20-22,31H,13H2,1H3,(H,28,32)/t20-,21?,22?/m1/s1. The van der Waals surface area contributed by atoms with Crippen molar-refractivity contribution < 1.29 is 24.2 Å². The number of anilines is 2. The van der Waals surface area contributed by atoms with Crippen molar-refractivity contribution in [3.8, 4) is 11.5 Å². The van der Waals surface area contributed by atoms with Crippen LogP contribution in [0.4, 0.5) is 11.4 Å². The highest BCUT2D eigenvalue weighted by molar-refractivity contribution is 8.00. The van der Waals surface area contributed by atoms with Gasteiger partial charge in [-0.15, -0.1) is 11.3 Å². The average molecular weight is 580 g/mol. The fraction of sp³-hybridized carbons (Fsp3) is 0.185. The van der Waals surface area contributed by atoms with Crippen molar-refractivity contribution in [2.24, 2.45) is 5.92 Å². The molecule has 2 aliphatic heterocycles. The highest BCUT2D eigenvalue weighted by Crippen LogP contribution is 2.54. The van der Waals surface area contributed by atoms with Gasteiger partial charge in [-0.05, 0) is 60.0 Å². The zero-order valence-electron chi connectivity index (χ0n) is 20.4. The number of hydrogen-bond acceptors (Lipinski definition) is 9. The van der Waals surface area contributed by atoms with Gasteiger partial charge in [-0.1, -0.05) is 29.2 Å². The second kappa shape index (κ2) is 10.0. The molecule has 4 heterocycles. The molecule has 2 N–H and O–H groups in total. The van der Waals surface area contributed by atoms with Crippen LogP contribution < -0.4 is 19.8 Å². The largest absolute Gasteiger partial charge is 0.508 e.